The van der Waals surface area contributed by atoms with Gasteiger partial charge < -0.3 is 15.0 Å². The SMILES string of the molecule is CC[C@@H]1CCCCN1C(=O)COC(=O)CN1C(=O)N[C@](C)(c2ccccc2)C1=O. The maximum Gasteiger partial charge on any atom is 0.326 e. The average Bonchev–Trinajstić information content (AvgIpc) is 2.96. The second-order valence-electron chi connectivity index (χ2n) is 7.62. The third-order valence-corrected chi connectivity index (χ3v) is 5.69. The van der Waals surface area contributed by atoms with Gasteiger partial charge >= 0.3 is 12.0 Å². The number of likely N-dealkylation sites (tertiary alicyclic amines) is 1. The van der Waals surface area contributed by atoms with Crippen LogP contribution in [0.5, 0.6) is 0 Å². The molecule has 8 nitrogen and oxygen atoms in total. The third-order valence-electron chi connectivity index (χ3n) is 5.69. The number of imide groups is 1. The van der Waals surface area contributed by atoms with E-state index in [0.29, 0.717) is 12.1 Å². The molecule has 2 heterocycles. The van der Waals surface area contributed by atoms with Gasteiger partial charge in [-0.3, -0.25) is 19.3 Å². The Labute approximate surface area is 170 Å². The number of piperidine rings is 1. The number of hydrogen-bond acceptors (Lipinski definition) is 5. The molecule has 0 saturated carbocycles. The van der Waals surface area contributed by atoms with Crippen molar-refractivity contribution in [2.45, 2.75) is 51.1 Å². The quantitative estimate of drug-likeness (QED) is 0.579. The number of benzene rings is 1. The Hall–Kier alpha value is -2.90. The van der Waals surface area contributed by atoms with Crippen molar-refractivity contribution in [1.82, 2.24) is 15.1 Å². The lowest BCUT2D eigenvalue weighted by Crippen LogP contribution is -2.46. The Kier molecular flexibility index (Phi) is 6.20. The molecule has 2 aliphatic rings. The molecule has 156 valence electrons. The van der Waals surface area contributed by atoms with E-state index in [4.69, 9.17) is 4.74 Å². The minimum Gasteiger partial charge on any atom is -0.454 e. The number of urea groups is 1. The number of ether oxygens (including phenoxy) is 1. The Balaban J connectivity index is 1.57. The van der Waals surface area contributed by atoms with E-state index in [9.17, 15) is 19.2 Å². The van der Waals surface area contributed by atoms with E-state index in [2.05, 4.69) is 5.32 Å². The standard InChI is InChI=1S/C21H27N3O5/c1-3-16-11-7-8-12-23(16)17(25)14-29-18(26)13-24-19(27)21(2,22-20(24)28)15-9-5-4-6-10-15/h4-6,9-10,16H,3,7-8,11-14H2,1-2H3,(H,22,28)/t16-,21-/m1/s1. The van der Waals surface area contributed by atoms with Crippen LogP contribution in [0.4, 0.5) is 4.79 Å². The van der Waals surface area contributed by atoms with Gasteiger partial charge in [0.15, 0.2) is 6.61 Å². The van der Waals surface area contributed by atoms with Gasteiger partial charge in [0.1, 0.15) is 12.1 Å². The van der Waals surface area contributed by atoms with Crippen LogP contribution in [0, 0.1) is 0 Å². The van der Waals surface area contributed by atoms with Gasteiger partial charge in [-0.05, 0) is 38.2 Å². The number of nitrogens with one attached hydrogen (secondary N) is 1. The minimum atomic E-state index is -1.24. The Bertz CT molecular complexity index is 797. The van der Waals surface area contributed by atoms with Gasteiger partial charge in [0.05, 0.1) is 0 Å². The first kappa shape index (κ1) is 20.8. The maximum absolute atomic E-state index is 12.8. The minimum absolute atomic E-state index is 0.174. The predicted molar refractivity (Wildman–Crippen MR) is 105 cm³/mol. The van der Waals surface area contributed by atoms with Crippen LogP contribution in [0.2, 0.25) is 0 Å². The van der Waals surface area contributed by atoms with Crippen LogP contribution in [0.3, 0.4) is 0 Å². The number of nitrogens with zero attached hydrogens (tertiary/aromatic N) is 2. The summed E-state index contributed by atoms with van der Waals surface area (Å²) in [4.78, 5) is 52.3. The fraction of sp³-hybridized carbons (Fsp3) is 0.524. The zero-order valence-corrected chi connectivity index (χ0v) is 16.8. The van der Waals surface area contributed by atoms with E-state index in [-0.39, 0.29) is 18.6 Å². The Morgan fingerprint density at radius 3 is 2.62 bits per heavy atom. The highest BCUT2D eigenvalue weighted by molar-refractivity contribution is 6.08. The summed E-state index contributed by atoms with van der Waals surface area (Å²) in [6.07, 6.45) is 3.85. The van der Waals surface area contributed by atoms with Gasteiger partial charge in [0.2, 0.25) is 0 Å². The molecule has 0 aromatic heterocycles. The van der Waals surface area contributed by atoms with Crippen LogP contribution in [-0.2, 0) is 24.7 Å². The molecule has 2 aliphatic heterocycles. The molecule has 0 radical (unpaired) electrons. The van der Waals surface area contributed by atoms with E-state index in [1.807, 2.05) is 13.0 Å². The smallest absolute Gasteiger partial charge is 0.326 e. The number of amides is 4. The lowest BCUT2D eigenvalue weighted by molar-refractivity contribution is -0.155. The maximum atomic E-state index is 12.8. The molecule has 1 aromatic rings. The summed E-state index contributed by atoms with van der Waals surface area (Å²) in [6, 6.07) is 8.34. The first-order valence-corrected chi connectivity index (χ1v) is 10.0. The summed E-state index contributed by atoms with van der Waals surface area (Å²) in [6.45, 7) is 3.38. The van der Waals surface area contributed by atoms with Crippen LogP contribution >= 0.6 is 0 Å². The molecule has 0 unspecified atom stereocenters. The Morgan fingerprint density at radius 2 is 1.93 bits per heavy atom. The highest BCUT2D eigenvalue weighted by Crippen LogP contribution is 2.28. The molecule has 1 aromatic carbocycles. The number of esters is 1. The van der Waals surface area contributed by atoms with Gasteiger partial charge in [0, 0.05) is 12.6 Å². The molecule has 29 heavy (non-hydrogen) atoms. The lowest BCUT2D eigenvalue weighted by Gasteiger charge is -2.35. The molecule has 2 fully saturated rings. The largest absolute Gasteiger partial charge is 0.454 e. The molecule has 4 amide bonds. The second-order valence-corrected chi connectivity index (χ2v) is 7.62. The zero-order valence-electron chi connectivity index (χ0n) is 16.8. The molecular formula is C21H27N3O5. The second kappa shape index (κ2) is 8.63. The number of rotatable bonds is 6. The summed E-state index contributed by atoms with van der Waals surface area (Å²) in [7, 11) is 0. The van der Waals surface area contributed by atoms with Crippen molar-refractivity contribution in [2.75, 3.05) is 19.7 Å². The monoisotopic (exact) mass is 401 g/mol. The van der Waals surface area contributed by atoms with Crippen molar-refractivity contribution in [1.29, 1.82) is 0 Å². The lowest BCUT2D eigenvalue weighted by atomic mass is 9.92. The van der Waals surface area contributed by atoms with Crippen LogP contribution in [-0.4, -0.2) is 59.4 Å². The van der Waals surface area contributed by atoms with Crippen molar-refractivity contribution in [2.24, 2.45) is 0 Å². The highest BCUT2D eigenvalue weighted by atomic mass is 16.5. The first-order chi connectivity index (χ1) is 13.9. The van der Waals surface area contributed by atoms with Crippen LogP contribution in [0.25, 0.3) is 0 Å². The van der Waals surface area contributed by atoms with E-state index in [1.165, 1.54) is 0 Å². The molecule has 8 heteroatoms. The van der Waals surface area contributed by atoms with E-state index >= 15 is 0 Å². The number of carbonyl (C=O) groups is 4. The third kappa shape index (κ3) is 4.26. The van der Waals surface area contributed by atoms with E-state index in [0.717, 1.165) is 30.6 Å². The van der Waals surface area contributed by atoms with Crippen molar-refractivity contribution in [3.63, 3.8) is 0 Å². The molecule has 2 saturated heterocycles. The van der Waals surface area contributed by atoms with E-state index in [1.54, 1.807) is 36.1 Å². The Morgan fingerprint density at radius 1 is 1.21 bits per heavy atom. The fourth-order valence-corrected chi connectivity index (χ4v) is 3.96. The topological polar surface area (TPSA) is 96.0 Å². The van der Waals surface area contributed by atoms with Gasteiger partial charge in [0.25, 0.3) is 11.8 Å². The summed E-state index contributed by atoms with van der Waals surface area (Å²) >= 11 is 0. The van der Waals surface area contributed by atoms with Gasteiger partial charge in [-0.15, -0.1) is 0 Å². The van der Waals surface area contributed by atoms with Crippen molar-refractivity contribution in [3.8, 4) is 0 Å². The summed E-state index contributed by atoms with van der Waals surface area (Å²) < 4.78 is 5.08. The van der Waals surface area contributed by atoms with Crippen LogP contribution in [0.1, 0.15) is 45.1 Å². The van der Waals surface area contributed by atoms with Gasteiger partial charge in [-0.25, -0.2) is 4.79 Å². The van der Waals surface area contributed by atoms with Crippen molar-refractivity contribution < 1.29 is 23.9 Å². The average molecular weight is 401 g/mol. The van der Waals surface area contributed by atoms with Crippen molar-refractivity contribution in [3.05, 3.63) is 35.9 Å². The van der Waals surface area contributed by atoms with E-state index < -0.39 is 30.0 Å². The van der Waals surface area contributed by atoms with Crippen molar-refractivity contribution >= 4 is 23.8 Å². The molecule has 3 rings (SSSR count). The predicted octanol–water partition coefficient (Wildman–Crippen LogP) is 1.79. The number of carbonyl (C=O) groups excluding carboxylic acids is 4. The summed E-state index contributed by atoms with van der Waals surface area (Å²) in [5.41, 5.74) is -0.614. The highest BCUT2D eigenvalue weighted by Gasteiger charge is 2.49. The van der Waals surface area contributed by atoms with Gasteiger partial charge in [-0.1, -0.05) is 37.3 Å². The summed E-state index contributed by atoms with van der Waals surface area (Å²) in [5, 5.41) is 2.64. The van der Waals surface area contributed by atoms with Gasteiger partial charge in [-0.2, -0.15) is 0 Å². The molecular weight excluding hydrogens is 374 g/mol. The molecule has 0 spiro atoms. The molecule has 0 aliphatic carbocycles. The molecule has 2 atom stereocenters. The summed E-state index contributed by atoms with van der Waals surface area (Å²) in [5.74, 6) is -1.56. The molecule has 1 N–H and O–H groups in total. The fourth-order valence-electron chi connectivity index (χ4n) is 3.96. The van der Waals surface area contributed by atoms with Crippen LogP contribution in [0.15, 0.2) is 30.3 Å². The normalized spacial score (nSPS) is 24.4. The molecule has 0 bridgehead atoms. The number of hydrogen-bond donors (Lipinski definition) is 1. The van der Waals surface area contributed by atoms with Crippen LogP contribution < -0.4 is 5.32 Å². The zero-order chi connectivity index (χ0) is 21.0. The first-order valence-electron chi connectivity index (χ1n) is 10.0.